The van der Waals surface area contributed by atoms with Gasteiger partial charge in [0.25, 0.3) is 11.8 Å². The number of urea groups is 1. The van der Waals surface area contributed by atoms with Gasteiger partial charge in [0, 0.05) is 15.8 Å². The zero-order valence-corrected chi connectivity index (χ0v) is 23.4. The lowest BCUT2D eigenvalue weighted by molar-refractivity contribution is -0.150. The highest BCUT2D eigenvalue weighted by Crippen LogP contribution is 2.46. The minimum Gasteiger partial charge on any atom is -0.462 e. The molecule has 12 heteroatoms. The topological polar surface area (TPSA) is 131 Å². The Balaban J connectivity index is 1.37. The van der Waals surface area contributed by atoms with E-state index in [0.717, 1.165) is 27.5 Å². The summed E-state index contributed by atoms with van der Waals surface area (Å²) in [5.41, 5.74) is -0.293. The molecule has 2 atom stereocenters. The van der Waals surface area contributed by atoms with Crippen LogP contribution in [0.5, 0.6) is 0 Å². The molecule has 0 bridgehead atoms. The van der Waals surface area contributed by atoms with E-state index in [4.69, 9.17) is 9.47 Å². The zero-order chi connectivity index (χ0) is 27.7. The van der Waals surface area contributed by atoms with Gasteiger partial charge in [0.05, 0.1) is 6.61 Å². The predicted molar refractivity (Wildman–Crippen MR) is 143 cm³/mol. The third kappa shape index (κ3) is 5.75. The van der Waals surface area contributed by atoms with Crippen LogP contribution in [0.4, 0.5) is 9.80 Å². The van der Waals surface area contributed by atoms with Crippen LogP contribution in [-0.2, 0) is 23.9 Å². The maximum Gasteiger partial charge on any atom is 0.341 e. The molecule has 2 aromatic rings. The summed E-state index contributed by atoms with van der Waals surface area (Å²) < 4.78 is 10.2. The van der Waals surface area contributed by atoms with Crippen LogP contribution in [0, 0.1) is 11.3 Å². The van der Waals surface area contributed by atoms with Crippen LogP contribution in [0.3, 0.4) is 0 Å². The van der Waals surface area contributed by atoms with Gasteiger partial charge in [-0.2, -0.15) is 0 Å². The standard InChI is InChI=1S/C26H31N3O7S2/c1-5-35-22(32)20-16(17-7-6-8-37-17)13-38-21(20)27-18(30)12-36-19(31)11-29-23(33)26(28-24(29)34)10-15(2)9-25(3,4)14-26/h6-8,13,15H,5,9-12,14H2,1-4H3,(H,27,30)(H,28,34)/t15-,26-/m1/s1. The lowest BCUT2D eigenvalue weighted by Crippen LogP contribution is -2.54. The van der Waals surface area contributed by atoms with Gasteiger partial charge in [0.15, 0.2) is 6.61 Å². The second-order valence-corrected chi connectivity index (χ2v) is 12.3. The van der Waals surface area contributed by atoms with Crippen molar-refractivity contribution in [3.8, 4) is 10.4 Å². The van der Waals surface area contributed by atoms with Gasteiger partial charge >= 0.3 is 18.0 Å². The largest absolute Gasteiger partial charge is 0.462 e. The van der Waals surface area contributed by atoms with Crippen LogP contribution in [0.25, 0.3) is 10.4 Å². The Labute approximate surface area is 228 Å². The molecule has 4 rings (SSSR count). The van der Waals surface area contributed by atoms with E-state index in [2.05, 4.69) is 24.5 Å². The van der Waals surface area contributed by atoms with Crippen molar-refractivity contribution in [2.45, 2.75) is 52.5 Å². The highest BCUT2D eigenvalue weighted by molar-refractivity contribution is 7.17. The molecule has 38 heavy (non-hydrogen) atoms. The predicted octanol–water partition coefficient (Wildman–Crippen LogP) is 4.27. The summed E-state index contributed by atoms with van der Waals surface area (Å²) in [6.45, 7) is 6.78. The second kappa shape index (κ2) is 10.9. The number of rotatable bonds is 8. The normalized spacial score (nSPS) is 22.3. The molecule has 1 aliphatic heterocycles. The highest BCUT2D eigenvalue weighted by Gasteiger charge is 2.56. The average Bonchev–Trinajstić information content (AvgIpc) is 3.53. The van der Waals surface area contributed by atoms with Gasteiger partial charge in [0.1, 0.15) is 22.6 Å². The number of nitrogens with one attached hydrogen (secondary N) is 2. The molecule has 2 aliphatic rings. The van der Waals surface area contributed by atoms with E-state index >= 15 is 0 Å². The van der Waals surface area contributed by atoms with Crippen molar-refractivity contribution >= 4 is 57.5 Å². The number of amides is 4. The van der Waals surface area contributed by atoms with E-state index in [0.29, 0.717) is 18.4 Å². The van der Waals surface area contributed by atoms with E-state index in [1.807, 2.05) is 24.4 Å². The maximum absolute atomic E-state index is 13.2. The van der Waals surface area contributed by atoms with Crippen molar-refractivity contribution in [1.82, 2.24) is 10.2 Å². The summed E-state index contributed by atoms with van der Waals surface area (Å²) in [6.07, 6.45) is 1.93. The summed E-state index contributed by atoms with van der Waals surface area (Å²) in [7, 11) is 0. The summed E-state index contributed by atoms with van der Waals surface area (Å²) in [6, 6.07) is 3.07. The SMILES string of the molecule is CCOC(=O)c1c(-c2cccs2)csc1NC(=O)COC(=O)CN1C(=O)N[C@@]2(C[C@H](C)CC(C)(C)C2)C1=O. The molecule has 3 heterocycles. The van der Waals surface area contributed by atoms with Crippen LogP contribution >= 0.6 is 22.7 Å². The number of carbonyl (C=O) groups excluding carboxylic acids is 5. The Bertz CT molecular complexity index is 1250. The van der Waals surface area contributed by atoms with E-state index in [1.54, 1.807) is 12.3 Å². The number of nitrogens with zero attached hydrogens (tertiary/aromatic N) is 1. The Morgan fingerprint density at radius 1 is 1.18 bits per heavy atom. The Morgan fingerprint density at radius 3 is 2.61 bits per heavy atom. The monoisotopic (exact) mass is 561 g/mol. The van der Waals surface area contributed by atoms with Gasteiger partial charge in [-0.3, -0.25) is 19.3 Å². The summed E-state index contributed by atoms with van der Waals surface area (Å²) in [5.74, 6) is -2.34. The molecule has 204 valence electrons. The van der Waals surface area contributed by atoms with Crippen LogP contribution in [0.2, 0.25) is 0 Å². The van der Waals surface area contributed by atoms with Gasteiger partial charge in [-0.05, 0) is 49.0 Å². The number of imide groups is 1. The number of esters is 2. The average molecular weight is 562 g/mol. The van der Waals surface area contributed by atoms with Crippen molar-refractivity contribution in [3.63, 3.8) is 0 Å². The fourth-order valence-electron chi connectivity index (χ4n) is 5.60. The zero-order valence-electron chi connectivity index (χ0n) is 21.8. The molecule has 4 amide bonds. The van der Waals surface area contributed by atoms with Crippen molar-refractivity contribution in [2.24, 2.45) is 11.3 Å². The maximum atomic E-state index is 13.2. The van der Waals surface area contributed by atoms with Crippen molar-refractivity contribution < 1.29 is 33.4 Å². The molecular weight excluding hydrogens is 530 g/mol. The van der Waals surface area contributed by atoms with Crippen LogP contribution in [-0.4, -0.2) is 60.0 Å². The Morgan fingerprint density at radius 2 is 1.95 bits per heavy atom. The minimum absolute atomic E-state index is 0.136. The first-order chi connectivity index (χ1) is 17.9. The second-order valence-electron chi connectivity index (χ2n) is 10.5. The fourth-order valence-corrected chi connectivity index (χ4v) is 7.39. The molecule has 0 unspecified atom stereocenters. The quantitative estimate of drug-likeness (QED) is 0.363. The number of thiophene rings is 2. The molecule has 0 aromatic carbocycles. The molecular formula is C26H31N3O7S2. The first kappa shape index (κ1) is 27.8. The molecule has 1 saturated heterocycles. The smallest absolute Gasteiger partial charge is 0.341 e. The lowest BCUT2D eigenvalue weighted by atomic mass is 9.64. The van der Waals surface area contributed by atoms with Crippen molar-refractivity contribution in [2.75, 3.05) is 25.1 Å². The Hall–Kier alpha value is -3.25. The number of hydrogen-bond donors (Lipinski definition) is 2. The van der Waals surface area contributed by atoms with Crippen LogP contribution in [0.1, 0.15) is 57.3 Å². The molecule has 1 aliphatic carbocycles. The minimum atomic E-state index is -1.03. The van der Waals surface area contributed by atoms with Gasteiger partial charge < -0.3 is 20.1 Å². The third-order valence-electron chi connectivity index (χ3n) is 6.59. The van der Waals surface area contributed by atoms with Gasteiger partial charge in [0.2, 0.25) is 0 Å². The van der Waals surface area contributed by atoms with E-state index in [-0.39, 0.29) is 28.5 Å². The van der Waals surface area contributed by atoms with E-state index < -0.39 is 48.5 Å². The Kier molecular flexibility index (Phi) is 7.93. The first-order valence-electron chi connectivity index (χ1n) is 12.4. The van der Waals surface area contributed by atoms with E-state index in [1.165, 1.54) is 11.3 Å². The van der Waals surface area contributed by atoms with Gasteiger partial charge in [-0.15, -0.1) is 22.7 Å². The molecule has 10 nitrogen and oxygen atoms in total. The first-order valence-corrected chi connectivity index (χ1v) is 14.1. The number of ether oxygens (including phenoxy) is 2. The molecule has 2 aromatic heterocycles. The summed E-state index contributed by atoms with van der Waals surface area (Å²) in [4.78, 5) is 65.2. The number of carbonyl (C=O) groups is 5. The molecule has 1 saturated carbocycles. The van der Waals surface area contributed by atoms with E-state index in [9.17, 15) is 24.0 Å². The molecule has 2 fully saturated rings. The number of anilines is 1. The molecule has 2 N–H and O–H groups in total. The summed E-state index contributed by atoms with van der Waals surface area (Å²) in [5, 5.41) is 9.32. The third-order valence-corrected chi connectivity index (χ3v) is 8.38. The van der Waals surface area contributed by atoms with Crippen molar-refractivity contribution in [1.29, 1.82) is 0 Å². The highest BCUT2D eigenvalue weighted by atomic mass is 32.1. The number of hydrogen-bond acceptors (Lipinski definition) is 9. The molecule has 0 radical (unpaired) electrons. The fraction of sp³-hybridized carbons (Fsp3) is 0.500. The lowest BCUT2D eigenvalue weighted by Gasteiger charge is -2.43. The molecule has 1 spiro atoms. The van der Waals surface area contributed by atoms with Gasteiger partial charge in [-0.1, -0.05) is 26.8 Å². The van der Waals surface area contributed by atoms with Crippen molar-refractivity contribution in [3.05, 3.63) is 28.5 Å². The van der Waals surface area contributed by atoms with Gasteiger partial charge in [-0.25, -0.2) is 9.59 Å². The van der Waals surface area contributed by atoms with Crippen LogP contribution < -0.4 is 10.6 Å². The van der Waals surface area contributed by atoms with Crippen LogP contribution in [0.15, 0.2) is 22.9 Å². The summed E-state index contributed by atoms with van der Waals surface area (Å²) >= 11 is 2.61.